The van der Waals surface area contributed by atoms with Crippen LogP contribution in [0.5, 0.6) is 0 Å². The fourth-order valence-electron chi connectivity index (χ4n) is 1.58. The molecule has 21 heavy (non-hydrogen) atoms. The van der Waals surface area contributed by atoms with E-state index in [1.54, 1.807) is 0 Å². The van der Waals surface area contributed by atoms with Crippen molar-refractivity contribution in [2.75, 3.05) is 13.1 Å². The zero-order valence-corrected chi connectivity index (χ0v) is 11.1. The maximum atomic E-state index is 13.8. The summed E-state index contributed by atoms with van der Waals surface area (Å²) in [5, 5.41) is 0. The average Bonchev–Trinajstić information content (AvgIpc) is 2.27. The molecule has 0 aromatic heterocycles. The molecule has 0 bridgehead atoms. The van der Waals surface area contributed by atoms with Crippen molar-refractivity contribution in [3.8, 4) is 0 Å². The first-order chi connectivity index (χ1) is 9.02. The van der Waals surface area contributed by atoms with E-state index in [1.807, 2.05) is 0 Å². The molecule has 0 N–H and O–H groups in total. The molecule has 0 aromatic rings. The van der Waals surface area contributed by atoms with Crippen molar-refractivity contribution < 1.29 is 43.9 Å². The first-order valence-corrected chi connectivity index (χ1v) is 5.66. The van der Waals surface area contributed by atoms with Crippen LogP contribution in [0.1, 0.15) is 20.8 Å². The van der Waals surface area contributed by atoms with Crippen molar-refractivity contribution in [1.82, 2.24) is 4.90 Å². The maximum absolute atomic E-state index is 13.8. The molecule has 0 aliphatic carbocycles. The number of rotatable bonds is 6. The van der Waals surface area contributed by atoms with Crippen LogP contribution in [0.2, 0.25) is 0 Å². The molecule has 1 nitrogen and oxygen atoms in total. The van der Waals surface area contributed by atoms with Gasteiger partial charge in [-0.2, -0.15) is 39.5 Å². The second kappa shape index (κ2) is 5.47. The van der Waals surface area contributed by atoms with Crippen LogP contribution in [0.15, 0.2) is 0 Å². The maximum Gasteiger partial charge on any atom is 0.460 e. The first-order valence-electron chi connectivity index (χ1n) is 5.66. The summed E-state index contributed by atoms with van der Waals surface area (Å²) in [6, 6.07) is -5.24. The second-order valence-electron chi connectivity index (χ2n) is 4.36. The molecule has 11 heteroatoms. The fraction of sp³-hybridized carbons (Fsp3) is 1.00. The van der Waals surface area contributed by atoms with Crippen LogP contribution in [-0.4, -0.2) is 47.7 Å². The lowest BCUT2D eigenvalue weighted by atomic mass is 9.90. The van der Waals surface area contributed by atoms with Gasteiger partial charge in [-0.1, -0.05) is 13.8 Å². The van der Waals surface area contributed by atoms with Gasteiger partial charge in [0.25, 0.3) is 5.67 Å². The molecule has 1 unspecified atom stereocenters. The number of nitrogens with zero attached hydrogens (tertiary/aromatic N) is 1. The third kappa shape index (κ3) is 2.80. The highest BCUT2D eigenvalue weighted by Crippen LogP contribution is 2.56. The van der Waals surface area contributed by atoms with Gasteiger partial charge in [-0.25, -0.2) is 9.29 Å². The minimum absolute atomic E-state index is 0.270. The van der Waals surface area contributed by atoms with E-state index in [2.05, 4.69) is 0 Å². The van der Waals surface area contributed by atoms with Crippen LogP contribution in [0, 0.1) is 0 Å². The summed E-state index contributed by atoms with van der Waals surface area (Å²) < 4.78 is 129. The molecular weight excluding hydrogens is 324 g/mol. The van der Waals surface area contributed by atoms with Gasteiger partial charge < -0.3 is 0 Å². The van der Waals surface area contributed by atoms with E-state index in [0.717, 1.165) is 13.8 Å². The standard InChI is InChI=1S/C10H13F10N/c1-4-21(5-2)10(19,20)6(3,11)7(12,13)8(14,15)9(16,17)18/h4-5H2,1-3H3. The van der Waals surface area contributed by atoms with E-state index < -0.39 is 49.7 Å². The Kier molecular flexibility index (Phi) is 5.28. The van der Waals surface area contributed by atoms with Crippen molar-refractivity contribution in [1.29, 1.82) is 0 Å². The summed E-state index contributed by atoms with van der Waals surface area (Å²) >= 11 is 0. The minimum Gasteiger partial charge on any atom is -0.242 e. The SMILES string of the molecule is CCN(CC)C(F)(F)C(C)(F)C(F)(F)C(F)(F)C(F)(F)F. The van der Waals surface area contributed by atoms with Crippen molar-refractivity contribution in [3.63, 3.8) is 0 Å². The van der Waals surface area contributed by atoms with Crippen LogP contribution in [0.3, 0.4) is 0 Å². The fourth-order valence-corrected chi connectivity index (χ4v) is 1.58. The molecule has 128 valence electrons. The van der Waals surface area contributed by atoms with Crippen LogP contribution in [0.25, 0.3) is 0 Å². The summed E-state index contributed by atoms with van der Waals surface area (Å²) in [4.78, 5) is -0.270. The molecular formula is C10H13F10N. The Labute approximate surface area is 113 Å². The molecule has 0 radical (unpaired) electrons. The summed E-state index contributed by atoms with van der Waals surface area (Å²) in [6.07, 6.45) is -6.89. The number of halogens is 10. The third-order valence-electron chi connectivity index (χ3n) is 3.07. The number of hydrogen-bond donors (Lipinski definition) is 0. The highest BCUT2D eigenvalue weighted by atomic mass is 19.4. The monoisotopic (exact) mass is 337 g/mol. The van der Waals surface area contributed by atoms with E-state index >= 15 is 0 Å². The molecule has 0 aromatic carbocycles. The predicted molar refractivity (Wildman–Crippen MR) is 53.3 cm³/mol. The topological polar surface area (TPSA) is 3.24 Å². The molecule has 0 amide bonds. The molecule has 1 atom stereocenters. The van der Waals surface area contributed by atoms with Crippen LogP contribution in [0.4, 0.5) is 43.9 Å². The van der Waals surface area contributed by atoms with Gasteiger partial charge in [0.2, 0.25) is 0 Å². The molecule has 0 saturated heterocycles. The first kappa shape index (κ1) is 20.3. The Bertz CT molecular complexity index is 355. The molecule has 0 rings (SSSR count). The quantitative estimate of drug-likeness (QED) is 0.510. The molecule has 0 aliphatic heterocycles. The van der Waals surface area contributed by atoms with Gasteiger partial charge in [0, 0.05) is 13.1 Å². The molecule has 0 heterocycles. The van der Waals surface area contributed by atoms with Gasteiger partial charge in [0.15, 0.2) is 0 Å². The largest absolute Gasteiger partial charge is 0.460 e. The van der Waals surface area contributed by atoms with Gasteiger partial charge in [0.05, 0.1) is 0 Å². The van der Waals surface area contributed by atoms with E-state index in [0.29, 0.717) is 0 Å². The van der Waals surface area contributed by atoms with E-state index in [4.69, 9.17) is 0 Å². The zero-order valence-electron chi connectivity index (χ0n) is 11.1. The Morgan fingerprint density at radius 3 is 1.24 bits per heavy atom. The van der Waals surface area contributed by atoms with Gasteiger partial charge in [0.1, 0.15) is 0 Å². The summed E-state index contributed by atoms with van der Waals surface area (Å²) in [5.41, 5.74) is -5.45. The molecule has 0 aliphatic rings. The number of alkyl halides is 10. The lowest BCUT2D eigenvalue weighted by Crippen LogP contribution is -2.70. The molecule has 0 saturated carbocycles. The van der Waals surface area contributed by atoms with E-state index in [1.165, 1.54) is 0 Å². The second-order valence-corrected chi connectivity index (χ2v) is 4.36. The normalized spacial score (nSPS) is 18.0. The molecule has 0 spiro atoms. The zero-order chi connectivity index (χ0) is 17.5. The van der Waals surface area contributed by atoms with Crippen LogP contribution < -0.4 is 0 Å². The lowest BCUT2D eigenvalue weighted by molar-refractivity contribution is -0.407. The summed E-state index contributed by atoms with van der Waals surface area (Å²) in [5.74, 6) is -13.6. The Morgan fingerprint density at radius 2 is 1.00 bits per heavy atom. The van der Waals surface area contributed by atoms with Gasteiger partial charge in [-0.3, -0.25) is 0 Å². The van der Waals surface area contributed by atoms with E-state index in [9.17, 15) is 43.9 Å². The minimum atomic E-state index is -6.96. The highest BCUT2D eigenvalue weighted by Gasteiger charge is 2.84. The Morgan fingerprint density at radius 1 is 0.667 bits per heavy atom. The van der Waals surface area contributed by atoms with Crippen LogP contribution >= 0.6 is 0 Å². The van der Waals surface area contributed by atoms with Gasteiger partial charge >= 0.3 is 24.1 Å². The number of hydrogen-bond acceptors (Lipinski definition) is 1. The van der Waals surface area contributed by atoms with Crippen molar-refractivity contribution in [2.24, 2.45) is 0 Å². The predicted octanol–water partition coefficient (Wildman–Crippen LogP) is 4.48. The highest BCUT2D eigenvalue weighted by molar-refractivity contribution is 5.09. The van der Waals surface area contributed by atoms with Gasteiger partial charge in [-0.15, -0.1) is 0 Å². The molecule has 0 fully saturated rings. The Hall–Kier alpha value is -0.740. The van der Waals surface area contributed by atoms with Crippen molar-refractivity contribution >= 4 is 0 Å². The summed E-state index contributed by atoms with van der Waals surface area (Å²) in [6.45, 7) is -0.195. The van der Waals surface area contributed by atoms with Crippen molar-refractivity contribution in [3.05, 3.63) is 0 Å². The van der Waals surface area contributed by atoms with E-state index in [-0.39, 0.29) is 4.90 Å². The van der Waals surface area contributed by atoms with Crippen LogP contribution in [-0.2, 0) is 0 Å². The summed E-state index contributed by atoms with van der Waals surface area (Å²) in [7, 11) is 0. The van der Waals surface area contributed by atoms with Gasteiger partial charge in [-0.05, 0) is 6.92 Å². The lowest BCUT2D eigenvalue weighted by Gasteiger charge is -2.43. The Balaban J connectivity index is 6.00. The smallest absolute Gasteiger partial charge is 0.242 e. The third-order valence-corrected chi connectivity index (χ3v) is 3.07. The van der Waals surface area contributed by atoms with Crippen molar-refractivity contribution in [2.45, 2.75) is 50.5 Å². The average molecular weight is 337 g/mol.